The number of aromatic nitrogens is 1. The summed E-state index contributed by atoms with van der Waals surface area (Å²) in [7, 11) is 2.19. The topological polar surface area (TPSA) is 7.94 Å². The molecule has 4 heteroatoms. The van der Waals surface area contributed by atoms with Crippen LogP contribution in [0.3, 0.4) is 0 Å². The maximum atomic E-state index is 2.27. The lowest BCUT2D eigenvalue weighted by atomic mass is 10.0. The Morgan fingerprint density at radius 3 is 2.54 bits per heavy atom. The highest BCUT2D eigenvalue weighted by Crippen LogP contribution is 2.25. The van der Waals surface area contributed by atoms with Crippen molar-refractivity contribution in [3.05, 3.63) is 99.2 Å². The van der Waals surface area contributed by atoms with E-state index in [0.29, 0.717) is 0 Å². The van der Waals surface area contributed by atoms with Gasteiger partial charge >= 0.3 is 7.55 Å². The first kappa shape index (κ1) is 18.5. The van der Waals surface area contributed by atoms with Crippen LogP contribution in [0.15, 0.2) is 71.8 Å². The van der Waals surface area contributed by atoms with Crippen molar-refractivity contribution in [3.8, 4) is 0 Å². The molecule has 5 rings (SSSR count). The lowest BCUT2D eigenvalue weighted by Gasteiger charge is -2.11. The van der Waals surface area contributed by atoms with Gasteiger partial charge < -0.3 is 4.48 Å². The molecule has 0 unspecified atom stereocenters. The average molecular weight is 382 g/mol. The molecule has 0 saturated heterocycles. The van der Waals surface area contributed by atoms with E-state index in [1.807, 2.05) is 13.8 Å². The molecule has 0 fully saturated rings. The van der Waals surface area contributed by atoms with Crippen molar-refractivity contribution in [1.82, 2.24) is 4.48 Å². The molecule has 0 amide bonds. The Balaban J connectivity index is 0.000000932. The minimum Gasteiger partial charge on any atom is -0.319 e. The van der Waals surface area contributed by atoms with Gasteiger partial charge in [0, 0.05) is 29.6 Å². The summed E-state index contributed by atoms with van der Waals surface area (Å²) in [5, 5.41) is 2.12. The molecule has 2 aromatic heterocycles. The molecule has 0 atom stereocenters. The van der Waals surface area contributed by atoms with Crippen LogP contribution in [0.2, 0.25) is 0 Å². The van der Waals surface area contributed by atoms with Gasteiger partial charge in [-0.1, -0.05) is 55.8 Å². The van der Waals surface area contributed by atoms with Gasteiger partial charge in [-0.3, -0.25) is 4.49 Å². The molecule has 1 aromatic carbocycles. The zero-order valence-corrected chi connectivity index (χ0v) is 17.3. The molecule has 0 N–H and O–H groups in total. The molecule has 2 aliphatic rings. The quantitative estimate of drug-likeness (QED) is 0.501. The number of fused-ring (bicyclic) bond motifs is 2. The second kappa shape index (κ2) is 8.03. The van der Waals surface area contributed by atoms with E-state index < -0.39 is 0 Å². The van der Waals surface area contributed by atoms with Crippen molar-refractivity contribution in [2.45, 2.75) is 20.8 Å². The minimum atomic E-state index is 1.17. The summed E-state index contributed by atoms with van der Waals surface area (Å²) in [6.45, 7) is 6.11. The average Bonchev–Trinajstić information content (AvgIpc) is 3.47. The van der Waals surface area contributed by atoms with E-state index >= 15 is 0 Å². The fourth-order valence-corrected chi connectivity index (χ4v) is 4.08. The summed E-state index contributed by atoms with van der Waals surface area (Å²) in [5.74, 6) is 0. The Hall–Kier alpha value is -2.85. The van der Waals surface area contributed by atoms with Crippen molar-refractivity contribution in [1.29, 1.82) is 0 Å². The Bertz CT molecular complexity index is 1090. The van der Waals surface area contributed by atoms with E-state index in [4.69, 9.17) is 0 Å². The SMILES string of the molecule is CC.Cc1ccc(/C=C/c2ccc3n2[B][N+]2=C(c4cccs4)C=CC2=C3)cc1. The first-order chi connectivity index (χ1) is 13.8. The number of allylic oxidation sites excluding steroid dienone is 2. The van der Waals surface area contributed by atoms with Crippen molar-refractivity contribution >= 4 is 42.8 Å². The third kappa shape index (κ3) is 3.48. The lowest BCUT2D eigenvalue weighted by molar-refractivity contribution is -0.311. The lowest BCUT2D eigenvalue weighted by Crippen LogP contribution is -2.30. The summed E-state index contributed by atoms with van der Waals surface area (Å²) in [4.78, 5) is 1.29. The molecule has 0 spiro atoms. The highest BCUT2D eigenvalue weighted by atomic mass is 32.1. The van der Waals surface area contributed by atoms with Crippen molar-refractivity contribution in [3.63, 3.8) is 0 Å². The largest absolute Gasteiger partial charge is 0.700 e. The first-order valence-corrected chi connectivity index (χ1v) is 10.6. The molecule has 1 radical (unpaired) electrons. The second-order valence-electron chi connectivity index (χ2n) is 6.55. The molecule has 0 aliphatic carbocycles. The molecular weight excluding hydrogens is 359 g/mol. The molecule has 28 heavy (non-hydrogen) atoms. The zero-order chi connectivity index (χ0) is 19.5. The monoisotopic (exact) mass is 382 g/mol. The van der Waals surface area contributed by atoms with Gasteiger partial charge in [-0.15, -0.1) is 11.3 Å². The van der Waals surface area contributed by atoms with Crippen LogP contribution in [-0.4, -0.2) is 22.2 Å². The minimum absolute atomic E-state index is 1.17. The van der Waals surface area contributed by atoms with Gasteiger partial charge in [0.25, 0.3) is 0 Å². The summed E-state index contributed by atoms with van der Waals surface area (Å²) < 4.78 is 4.51. The van der Waals surface area contributed by atoms with Crippen LogP contribution >= 0.6 is 11.3 Å². The third-order valence-corrected chi connectivity index (χ3v) is 5.65. The molecular formula is C24H23BN2S+. The number of benzene rings is 1. The molecule has 3 aromatic rings. The normalized spacial score (nSPS) is 14.3. The van der Waals surface area contributed by atoms with Crippen molar-refractivity contribution in [2.24, 2.45) is 0 Å². The van der Waals surface area contributed by atoms with Crippen LogP contribution in [0.1, 0.15) is 41.2 Å². The number of hydrogen-bond acceptors (Lipinski definition) is 1. The summed E-state index contributed by atoms with van der Waals surface area (Å²) >= 11 is 1.77. The van der Waals surface area contributed by atoms with E-state index in [0.717, 1.165) is 0 Å². The fourth-order valence-electron chi connectivity index (χ4n) is 3.33. The van der Waals surface area contributed by atoms with Gasteiger partial charge in [-0.25, -0.2) is 0 Å². The standard InChI is InChI=1S/C22H17BN2S.C2H6/c1-16-4-6-17(7-5-16)8-9-18-10-11-19-15-20-12-13-21(22-3-2-14-26-22)25(20)23-24(18)19;1-2/h2-15H,1H3;1-2H3/q+1;/b9-8+;. The Labute approximate surface area is 171 Å². The molecule has 2 nitrogen and oxygen atoms in total. The Morgan fingerprint density at radius 1 is 0.964 bits per heavy atom. The maximum Gasteiger partial charge on any atom is 0.700 e. The number of rotatable bonds is 3. The zero-order valence-electron chi connectivity index (χ0n) is 16.5. The third-order valence-electron chi connectivity index (χ3n) is 4.76. The van der Waals surface area contributed by atoms with E-state index in [9.17, 15) is 0 Å². The molecule has 4 heterocycles. The number of thiophene rings is 1. The Morgan fingerprint density at radius 2 is 1.79 bits per heavy atom. The molecule has 2 aliphatic heterocycles. The number of hydrogen-bond donors (Lipinski definition) is 0. The van der Waals surface area contributed by atoms with Crippen LogP contribution in [0.5, 0.6) is 0 Å². The molecule has 137 valence electrons. The van der Waals surface area contributed by atoms with Crippen LogP contribution in [0, 0.1) is 6.92 Å². The van der Waals surface area contributed by atoms with E-state index in [1.165, 1.54) is 38.8 Å². The van der Waals surface area contributed by atoms with Crippen LogP contribution in [-0.2, 0) is 0 Å². The maximum absolute atomic E-state index is 2.27. The summed E-state index contributed by atoms with van der Waals surface area (Å²) in [6, 6.07) is 17.2. The van der Waals surface area contributed by atoms with Gasteiger partial charge in [0.1, 0.15) is 0 Å². The number of nitrogens with zero attached hydrogens (tertiary/aromatic N) is 2. The van der Waals surface area contributed by atoms with Gasteiger partial charge in [0.2, 0.25) is 0 Å². The van der Waals surface area contributed by atoms with E-state index in [-0.39, 0.29) is 0 Å². The van der Waals surface area contributed by atoms with Gasteiger partial charge in [0.05, 0.1) is 4.88 Å². The highest BCUT2D eigenvalue weighted by Gasteiger charge is 2.33. The smallest absolute Gasteiger partial charge is 0.319 e. The summed E-state index contributed by atoms with van der Waals surface area (Å²) in [6.07, 6.45) is 11.0. The molecule has 0 saturated carbocycles. The van der Waals surface area contributed by atoms with Crippen LogP contribution in [0.4, 0.5) is 0 Å². The fraction of sp³-hybridized carbons (Fsp3) is 0.125. The summed E-state index contributed by atoms with van der Waals surface area (Å²) in [5.41, 5.74) is 7.33. The van der Waals surface area contributed by atoms with Crippen LogP contribution in [0.25, 0.3) is 18.2 Å². The van der Waals surface area contributed by atoms with Gasteiger partial charge in [-0.05, 0) is 42.1 Å². The van der Waals surface area contributed by atoms with E-state index in [2.05, 4.69) is 108 Å². The predicted octanol–water partition coefficient (Wildman–Crippen LogP) is 5.86. The second-order valence-corrected chi connectivity index (χ2v) is 7.50. The predicted molar refractivity (Wildman–Crippen MR) is 123 cm³/mol. The highest BCUT2D eigenvalue weighted by molar-refractivity contribution is 7.12. The Kier molecular flexibility index (Phi) is 5.31. The van der Waals surface area contributed by atoms with Crippen LogP contribution < -0.4 is 0 Å². The number of aryl methyl sites for hydroxylation is 1. The van der Waals surface area contributed by atoms with E-state index in [1.54, 1.807) is 11.3 Å². The first-order valence-electron chi connectivity index (χ1n) is 9.69. The van der Waals surface area contributed by atoms with Crippen molar-refractivity contribution in [2.75, 3.05) is 0 Å². The van der Waals surface area contributed by atoms with Gasteiger partial charge in [-0.2, -0.15) is 0 Å². The molecule has 0 bridgehead atoms. The van der Waals surface area contributed by atoms with Gasteiger partial charge in [0.15, 0.2) is 11.4 Å². The van der Waals surface area contributed by atoms with Crippen molar-refractivity contribution < 1.29 is 4.49 Å².